The number of hydrogen-bond acceptors (Lipinski definition) is 3. The maximum absolute atomic E-state index is 13.9. The van der Waals surface area contributed by atoms with Crippen LogP contribution in [0.5, 0.6) is 11.5 Å². The van der Waals surface area contributed by atoms with Gasteiger partial charge in [0.2, 0.25) is 11.8 Å². The van der Waals surface area contributed by atoms with Crippen LogP contribution in [0.15, 0.2) is 91.0 Å². The molecular formula is C32H25NO3. The normalized spacial score (nSPS) is 23.3. The van der Waals surface area contributed by atoms with Crippen molar-refractivity contribution in [1.82, 2.24) is 0 Å². The quantitative estimate of drug-likeness (QED) is 0.321. The molecule has 1 heterocycles. The Morgan fingerprint density at radius 1 is 0.611 bits per heavy atom. The summed E-state index contributed by atoms with van der Waals surface area (Å²) in [6.45, 7) is 4.09. The molecule has 3 aliphatic carbocycles. The zero-order valence-corrected chi connectivity index (χ0v) is 20.1. The molecule has 4 nitrogen and oxygen atoms in total. The van der Waals surface area contributed by atoms with Crippen molar-refractivity contribution in [3.8, 4) is 11.5 Å². The Morgan fingerprint density at radius 2 is 1.11 bits per heavy atom. The molecule has 1 saturated heterocycles. The van der Waals surface area contributed by atoms with Gasteiger partial charge in [-0.15, -0.1) is 0 Å². The van der Waals surface area contributed by atoms with Gasteiger partial charge in [0.25, 0.3) is 0 Å². The van der Waals surface area contributed by atoms with Gasteiger partial charge in [-0.25, -0.2) is 4.90 Å². The number of anilines is 1. The number of hydrogen-bond donors (Lipinski definition) is 0. The highest BCUT2D eigenvalue weighted by Gasteiger charge is 2.61. The molecule has 0 N–H and O–H groups in total. The largest absolute Gasteiger partial charge is 0.457 e. The van der Waals surface area contributed by atoms with Crippen molar-refractivity contribution >= 4 is 17.5 Å². The summed E-state index contributed by atoms with van der Waals surface area (Å²) in [5.74, 6) is 0.315. The molecule has 4 aliphatic rings. The van der Waals surface area contributed by atoms with Gasteiger partial charge in [-0.05, 0) is 77.6 Å². The number of carbonyl (C=O) groups excluding carboxylic acids is 2. The highest BCUT2D eigenvalue weighted by Crippen LogP contribution is 2.61. The molecule has 8 rings (SSSR count). The van der Waals surface area contributed by atoms with Gasteiger partial charge in [-0.2, -0.15) is 0 Å². The van der Waals surface area contributed by atoms with Crippen molar-refractivity contribution in [3.05, 3.63) is 124 Å². The summed E-state index contributed by atoms with van der Waals surface area (Å²) in [5.41, 5.74) is 7.58. The predicted octanol–water partition coefficient (Wildman–Crippen LogP) is 6.49. The number of aryl methyl sites for hydroxylation is 1. The zero-order valence-electron chi connectivity index (χ0n) is 20.1. The SMILES string of the molecule is Cc1cccc(Oc2ccc(N3C(=O)[C@@H]4C5c6ccccc6C(c6ccccc65)[C@H]4C3=O)cc2)c1C. The first-order chi connectivity index (χ1) is 17.5. The van der Waals surface area contributed by atoms with E-state index in [1.807, 2.05) is 67.6 Å². The van der Waals surface area contributed by atoms with Gasteiger partial charge >= 0.3 is 0 Å². The molecule has 2 bridgehead atoms. The van der Waals surface area contributed by atoms with Crippen LogP contribution in [-0.4, -0.2) is 11.8 Å². The molecule has 2 amide bonds. The second-order valence-electron chi connectivity index (χ2n) is 10.1. The molecule has 1 aliphatic heterocycles. The summed E-state index contributed by atoms with van der Waals surface area (Å²) < 4.78 is 6.10. The van der Waals surface area contributed by atoms with Crippen LogP contribution in [0.2, 0.25) is 0 Å². The van der Waals surface area contributed by atoms with Gasteiger partial charge in [-0.1, -0.05) is 60.7 Å². The fourth-order valence-corrected chi connectivity index (χ4v) is 6.56. The van der Waals surface area contributed by atoms with Crippen LogP contribution >= 0.6 is 0 Å². The van der Waals surface area contributed by atoms with Crippen molar-refractivity contribution in [2.45, 2.75) is 25.7 Å². The Balaban J connectivity index is 1.25. The maximum Gasteiger partial charge on any atom is 0.238 e. The van der Waals surface area contributed by atoms with Crippen LogP contribution in [0, 0.1) is 25.7 Å². The first kappa shape index (κ1) is 21.1. The van der Waals surface area contributed by atoms with Crippen molar-refractivity contribution in [2.75, 3.05) is 4.90 Å². The van der Waals surface area contributed by atoms with Crippen molar-refractivity contribution in [2.24, 2.45) is 11.8 Å². The summed E-state index contributed by atoms with van der Waals surface area (Å²) in [6, 6.07) is 29.9. The summed E-state index contributed by atoms with van der Waals surface area (Å²) in [4.78, 5) is 29.2. The van der Waals surface area contributed by atoms with Crippen LogP contribution in [0.4, 0.5) is 5.69 Å². The number of benzene rings is 4. The minimum atomic E-state index is -0.377. The topological polar surface area (TPSA) is 46.6 Å². The molecule has 0 aromatic heterocycles. The van der Waals surface area contributed by atoms with Gasteiger partial charge < -0.3 is 4.74 Å². The van der Waals surface area contributed by atoms with Crippen LogP contribution < -0.4 is 9.64 Å². The third-order valence-corrected chi connectivity index (χ3v) is 8.33. The summed E-state index contributed by atoms with van der Waals surface area (Å²) in [7, 11) is 0. The van der Waals surface area contributed by atoms with E-state index in [1.165, 1.54) is 27.2 Å². The third-order valence-electron chi connectivity index (χ3n) is 8.33. The fourth-order valence-electron chi connectivity index (χ4n) is 6.56. The second-order valence-corrected chi connectivity index (χ2v) is 10.1. The molecule has 36 heavy (non-hydrogen) atoms. The molecule has 4 aromatic rings. The first-order valence-corrected chi connectivity index (χ1v) is 12.4. The summed E-state index contributed by atoms with van der Waals surface area (Å²) >= 11 is 0. The molecule has 0 unspecified atom stereocenters. The van der Waals surface area contributed by atoms with E-state index in [-0.39, 0.29) is 35.5 Å². The maximum atomic E-state index is 13.9. The van der Waals surface area contributed by atoms with E-state index in [2.05, 4.69) is 37.3 Å². The molecular weight excluding hydrogens is 446 g/mol. The molecule has 176 valence electrons. The number of nitrogens with zero attached hydrogens (tertiary/aromatic N) is 1. The molecule has 0 radical (unpaired) electrons. The lowest BCUT2D eigenvalue weighted by molar-refractivity contribution is -0.122. The van der Waals surface area contributed by atoms with Gasteiger partial charge in [0.05, 0.1) is 17.5 Å². The Bertz CT molecular complexity index is 1440. The highest BCUT2D eigenvalue weighted by atomic mass is 16.5. The number of rotatable bonds is 3. The molecule has 4 heteroatoms. The van der Waals surface area contributed by atoms with Gasteiger partial charge in [0.15, 0.2) is 0 Å². The van der Waals surface area contributed by atoms with E-state index in [0.29, 0.717) is 11.4 Å². The average molecular weight is 472 g/mol. The molecule has 2 atom stereocenters. The lowest BCUT2D eigenvalue weighted by Crippen LogP contribution is -2.41. The highest BCUT2D eigenvalue weighted by molar-refractivity contribution is 6.23. The lowest BCUT2D eigenvalue weighted by Gasteiger charge is -2.45. The smallest absolute Gasteiger partial charge is 0.238 e. The molecule has 1 fully saturated rings. The van der Waals surface area contributed by atoms with E-state index in [4.69, 9.17) is 4.74 Å². The minimum absolute atomic E-state index is 0.0965. The van der Waals surface area contributed by atoms with E-state index in [0.717, 1.165) is 16.9 Å². The van der Waals surface area contributed by atoms with E-state index < -0.39 is 0 Å². The average Bonchev–Trinajstić information content (AvgIpc) is 3.17. The first-order valence-electron chi connectivity index (χ1n) is 12.4. The number of ether oxygens (including phenoxy) is 1. The Kier molecular flexibility index (Phi) is 4.50. The molecule has 0 spiro atoms. The van der Waals surface area contributed by atoms with Crippen LogP contribution in [-0.2, 0) is 9.59 Å². The number of carbonyl (C=O) groups is 2. The minimum Gasteiger partial charge on any atom is -0.457 e. The third kappa shape index (κ3) is 2.81. The molecule has 4 aromatic carbocycles. The summed E-state index contributed by atoms with van der Waals surface area (Å²) in [5, 5.41) is 0. The van der Waals surface area contributed by atoms with Crippen molar-refractivity contribution < 1.29 is 14.3 Å². The Labute approximate surface area is 210 Å². The van der Waals surface area contributed by atoms with Crippen LogP contribution in [0.1, 0.15) is 45.2 Å². The lowest BCUT2D eigenvalue weighted by atomic mass is 9.55. The standard InChI is InChI=1S/C32H25NO3/c1-18-8-7-13-26(19(18)2)36-21-16-14-20(15-17-21)33-31(34)29-27-22-9-3-4-10-23(22)28(30(29)32(33)35)25-12-6-5-11-24(25)27/h3-17,27-30H,1-2H3/t27?,28?,29-,30-/m1/s1. The fraction of sp³-hybridized carbons (Fsp3) is 0.188. The second kappa shape index (κ2) is 7.66. The zero-order chi connectivity index (χ0) is 24.6. The monoisotopic (exact) mass is 471 g/mol. The van der Waals surface area contributed by atoms with Gasteiger partial charge in [0.1, 0.15) is 11.5 Å². The predicted molar refractivity (Wildman–Crippen MR) is 138 cm³/mol. The van der Waals surface area contributed by atoms with E-state index >= 15 is 0 Å². The van der Waals surface area contributed by atoms with Gasteiger partial charge in [0, 0.05) is 11.8 Å². The van der Waals surface area contributed by atoms with Crippen LogP contribution in [0.25, 0.3) is 0 Å². The summed E-state index contributed by atoms with van der Waals surface area (Å²) in [6.07, 6.45) is 0. The van der Waals surface area contributed by atoms with Crippen LogP contribution in [0.3, 0.4) is 0 Å². The Hall–Kier alpha value is -4.18. The Morgan fingerprint density at radius 3 is 1.61 bits per heavy atom. The van der Waals surface area contributed by atoms with Gasteiger partial charge in [-0.3, -0.25) is 9.59 Å². The van der Waals surface area contributed by atoms with E-state index in [1.54, 1.807) is 0 Å². The number of imide groups is 1. The van der Waals surface area contributed by atoms with Crippen molar-refractivity contribution in [3.63, 3.8) is 0 Å². The van der Waals surface area contributed by atoms with E-state index in [9.17, 15) is 9.59 Å². The van der Waals surface area contributed by atoms with Crippen molar-refractivity contribution in [1.29, 1.82) is 0 Å². The molecule has 0 saturated carbocycles. The number of amides is 2.